The van der Waals surface area contributed by atoms with Gasteiger partial charge in [-0.1, -0.05) is 84.9 Å². The zero-order valence-electron chi connectivity index (χ0n) is 15.4. The van der Waals surface area contributed by atoms with Gasteiger partial charge in [0.05, 0.1) is 5.70 Å². The molecule has 3 rings (SSSR count). The molecule has 0 aliphatic rings. The average molecular weight is 357 g/mol. The zero-order valence-corrected chi connectivity index (χ0v) is 15.4. The van der Waals surface area contributed by atoms with E-state index in [4.69, 9.17) is 0 Å². The summed E-state index contributed by atoms with van der Waals surface area (Å²) in [5.74, 6) is -0.945. The summed E-state index contributed by atoms with van der Waals surface area (Å²) in [5, 5.41) is 9.51. The molecule has 0 aliphatic carbocycles. The lowest BCUT2D eigenvalue weighted by atomic mass is 10.0. The number of aliphatic carboxylic acids is 1. The van der Waals surface area contributed by atoms with Crippen molar-refractivity contribution in [1.82, 2.24) is 4.90 Å². The van der Waals surface area contributed by atoms with E-state index in [9.17, 15) is 9.90 Å². The van der Waals surface area contributed by atoms with Crippen LogP contribution < -0.4 is 0 Å². The molecule has 0 unspecified atom stereocenters. The van der Waals surface area contributed by atoms with Crippen LogP contribution in [0.15, 0.2) is 91.0 Å². The second kappa shape index (κ2) is 8.86. The van der Waals surface area contributed by atoms with E-state index >= 15 is 0 Å². The Kier molecular flexibility index (Phi) is 6.06. The van der Waals surface area contributed by atoms with Crippen molar-refractivity contribution in [3.05, 3.63) is 113 Å². The first-order valence-corrected chi connectivity index (χ1v) is 8.97. The molecule has 0 aromatic heterocycles. The highest BCUT2D eigenvalue weighted by Crippen LogP contribution is 2.26. The molecule has 136 valence electrons. The van der Waals surface area contributed by atoms with E-state index in [2.05, 4.69) is 29.2 Å². The molecule has 1 N–H and O–H groups in total. The van der Waals surface area contributed by atoms with Crippen LogP contribution in [0.4, 0.5) is 0 Å². The molecule has 27 heavy (non-hydrogen) atoms. The van der Waals surface area contributed by atoms with Crippen LogP contribution in [0.25, 0.3) is 5.70 Å². The summed E-state index contributed by atoms with van der Waals surface area (Å²) in [7, 11) is 0. The second-order valence-corrected chi connectivity index (χ2v) is 6.51. The second-order valence-electron chi connectivity index (χ2n) is 6.51. The van der Waals surface area contributed by atoms with E-state index in [0.717, 1.165) is 22.3 Å². The van der Waals surface area contributed by atoms with Crippen LogP contribution >= 0.6 is 0 Å². The van der Waals surface area contributed by atoms with Gasteiger partial charge in [0.15, 0.2) is 0 Å². The van der Waals surface area contributed by atoms with Crippen LogP contribution in [0.1, 0.15) is 22.3 Å². The Bertz CT molecular complexity index is 876. The monoisotopic (exact) mass is 357 g/mol. The van der Waals surface area contributed by atoms with Gasteiger partial charge >= 0.3 is 5.97 Å². The largest absolute Gasteiger partial charge is 0.478 e. The first-order valence-electron chi connectivity index (χ1n) is 8.97. The van der Waals surface area contributed by atoms with Gasteiger partial charge in [0, 0.05) is 24.7 Å². The predicted octanol–water partition coefficient (Wildman–Crippen LogP) is 5.12. The van der Waals surface area contributed by atoms with E-state index in [1.807, 2.05) is 67.6 Å². The maximum absolute atomic E-state index is 11.6. The minimum absolute atomic E-state index is 0.628. The fourth-order valence-electron chi connectivity index (χ4n) is 3.15. The number of carbonyl (C=O) groups is 1. The highest BCUT2D eigenvalue weighted by atomic mass is 16.4. The van der Waals surface area contributed by atoms with Crippen molar-refractivity contribution < 1.29 is 9.90 Å². The topological polar surface area (TPSA) is 40.5 Å². The van der Waals surface area contributed by atoms with Crippen LogP contribution in [-0.2, 0) is 17.9 Å². The highest BCUT2D eigenvalue weighted by molar-refractivity contribution is 5.90. The van der Waals surface area contributed by atoms with E-state index in [0.29, 0.717) is 18.8 Å². The summed E-state index contributed by atoms with van der Waals surface area (Å²) in [6.07, 6.45) is 1.31. The lowest BCUT2D eigenvalue weighted by molar-refractivity contribution is -0.131. The van der Waals surface area contributed by atoms with E-state index in [1.165, 1.54) is 6.08 Å². The Hall–Kier alpha value is -3.33. The van der Waals surface area contributed by atoms with Crippen LogP contribution in [-0.4, -0.2) is 16.0 Å². The van der Waals surface area contributed by atoms with Gasteiger partial charge in [-0.15, -0.1) is 0 Å². The normalized spacial score (nSPS) is 11.2. The predicted molar refractivity (Wildman–Crippen MR) is 109 cm³/mol. The smallest absolute Gasteiger partial charge is 0.330 e. The maximum Gasteiger partial charge on any atom is 0.330 e. The molecule has 0 saturated heterocycles. The number of hydrogen-bond acceptors (Lipinski definition) is 2. The molecule has 3 heteroatoms. The fourth-order valence-corrected chi connectivity index (χ4v) is 3.15. The average Bonchev–Trinajstić information content (AvgIpc) is 2.68. The molecule has 3 aromatic rings. The van der Waals surface area contributed by atoms with Crippen LogP contribution in [0.5, 0.6) is 0 Å². The third kappa shape index (κ3) is 5.08. The molecule has 0 bridgehead atoms. The van der Waals surface area contributed by atoms with Crippen molar-refractivity contribution in [2.24, 2.45) is 0 Å². The first-order chi connectivity index (χ1) is 13.1. The lowest BCUT2D eigenvalue weighted by Crippen LogP contribution is -2.23. The number of rotatable bonds is 7. The number of carboxylic acids is 1. The number of carboxylic acid groups (broad SMARTS) is 1. The molecule has 0 spiro atoms. The number of benzene rings is 3. The Morgan fingerprint density at radius 1 is 0.815 bits per heavy atom. The van der Waals surface area contributed by atoms with Gasteiger partial charge in [0.2, 0.25) is 0 Å². The molecular weight excluding hydrogens is 334 g/mol. The minimum atomic E-state index is -0.945. The third-order valence-corrected chi connectivity index (χ3v) is 4.45. The molecule has 0 radical (unpaired) electrons. The third-order valence-electron chi connectivity index (χ3n) is 4.45. The first kappa shape index (κ1) is 18.5. The molecule has 0 aliphatic heterocycles. The molecule has 0 amide bonds. The molecule has 0 saturated carbocycles. The Morgan fingerprint density at radius 2 is 1.30 bits per heavy atom. The minimum Gasteiger partial charge on any atom is -0.478 e. The van der Waals surface area contributed by atoms with Crippen molar-refractivity contribution in [3.63, 3.8) is 0 Å². The summed E-state index contributed by atoms with van der Waals surface area (Å²) in [6, 6.07) is 28.1. The summed E-state index contributed by atoms with van der Waals surface area (Å²) in [6.45, 7) is 3.26. The van der Waals surface area contributed by atoms with Crippen LogP contribution in [0.3, 0.4) is 0 Å². The van der Waals surface area contributed by atoms with Gasteiger partial charge in [0.25, 0.3) is 0 Å². The zero-order chi connectivity index (χ0) is 19.1. The molecule has 0 fully saturated rings. The maximum atomic E-state index is 11.6. The van der Waals surface area contributed by atoms with Crippen molar-refractivity contribution in [1.29, 1.82) is 0 Å². The fraction of sp³-hybridized carbons (Fsp3) is 0.125. The number of nitrogens with zero attached hydrogens (tertiary/aromatic N) is 1. The van der Waals surface area contributed by atoms with E-state index < -0.39 is 5.97 Å². The van der Waals surface area contributed by atoms with Gasteiger partial charge in [-0.2, -0.15) is 0 Å². The number of hydrogen-bond donors (Lipinski definition) is 1. The quantitative estimate of drug-likeness (QED) is 0.597. The van der Waals surface area contributed by atoms with Gasteiger partial charge in [-0.3, -0.25) is 0 Å². The molecular formula is C24H23NO2. The van der Waals surface area contributed by atoms with E-state index in [1.54, 1.807) is 0 Å². The SMILES string of the molecule is Cc1ccccc1/C(=C\C(=O)O)N(Cc1ccccc1)Cc1ccccc1. The van der Waals surface area contributed by atoms with E-state index in [-0.39, 0.29) is 0 Å². The molecule has 3 aromatic carbocycles. The van der Waals surface area contributed by atoms with Crippen LogP contribution in [0, 0.1) is 6.92 Å². The Labute approximate surface area is 160 Å². The Balaban J connectivity index is 2.04. The summed E-state index contributed by atoms with van der Waals surface area (Å²) in [5.41, 5.74) is 4.98. The molecule has 3 nitrogen and oxygen atoms in total. The number of aryl methyl sites for hydroxylation is 1. The van der Waals surface area contributed by atoms with Gasteiger partial charge in [0.1, 0.15) is 0 Å². The summed E-state index contributed by atoms with van der Waals surface area (Å²) >= 11 is 0. The molecule has 0 heterocycles. The van der Waals surface area contributed by atoms with Crippen LogP contribution in [0.2, 0.25) is 0 Å². The van der Waals surface area contributed by atoms with Gasteiger partial charge in [-0.05, 0) is 23.6 Å². The standard InChI is InChI=1S/C24H23NO2/c1-19-10-8-9-15-22(19)23(16-24(26)27)25(17-20-11-4-2-5-12-20)18-21-13-6-3-7-14-21/h2-16H,17-18H2,1H3,(H,26,27)/b23-16+. The van der Waals surface area contributed by atoms with Gasteiger partial charge < -0.3 is 10.0 Å². The lowest BCUT2D eigenvalue weighted by Gasteiger charge is -2.29. The van der Waals surface area contributed by atoms with Crippen molar-refractivity contribution in [2.75, 3.05) is 0 Å². The summed E-state index contributed by atoms with van der Waals surface area (Å²) in [4.78, 5) is 13.7. The van der Waals surface area contributed by atoms with Crippen molar-refractivity contribution >= 4 is 11.7 Å². The van der Waals surface area contributed by atoms with Gasteiger partial charge in [-0.25, -0.2) is 4.79 Å². The van der Waals surface area contributed by atoms with Crippen molar-refractivity contribution in [2.45, 2.75) is 20.0 Å². The van der Waals surface area contributed by atoms with Crippen molar-refractivity contribution in [3.8, 4) is 0 Å². The summed E-state index contributed by atoms with van der Waals surface area (Å²) < 4.78 is 0. The Morgan fingerprint density at radius 3 is 1.78 bits per heavy atom. The molecule has 0 atom stereocenters. The highest BCUT2D eigenvalue weighted by Gasteiger charge is 2.16.